The van der Waals surface area contributed by atoms with Gasteiger partial charge in [-0.05, 0) is 25.5 Å². The summed E-state index contributed by atoms with van der Waals surface area (Å²) >= 11 is 0. The molecule has 0 atom stereocenters. The van der Waals surface area contributed by atoms with Crippen molar-refractivity contribution in [2.45, 2.75) is 48.5 Å². The van der Waals surface area contributed by atoms with Crippen molar-refractivity contribution < 1.29 is 57.1 Å². The minimum atomic E-state index is -6.32. The molecule has 1 aromatic heterocycles. The highest BCUT2D eigenvalue weighted by atomic mass is 33.1. The predicted octanol–water partition coefficient (Wildman–Crippen LogP) is 7.09. The van der Waals surface area contributed by atoms with E-state index in [9.17, 15) is 52.7 Å². The highest BCUT2D eigenvalue weighted by Crippen LogP contribution is 2.64. The van der Waals surface area contributed by atoms with Crippen molar-refractivity contribution in [2.75, 3.05) is 0 Å². The Bertz CT molecular complexity index is 604. The molecule has 0 unspecified atom stereocenters. The molecular weight excluding hydrogens is 452 g/mol. The summed E-state index contributed by atoms with van der Waals surface area (Å²) in [5.41, 5.74) is -0.198. The molecule has 0 saturated carbocycles. The topological polar surface area (TPSA) is 13.1 Å². The fraction of sp³-hybridized carbons (Fsp3) is 0.667. The van der Waals surface area contributed by atoms with E-state index in [1.54, 1.807) is 0 Å². The molecule has 0 aliphatic carbocycles. The molecule has 0 aliphatic rings. The second kappa shape index (κ2) is 7.19. The molecule has 0 aliphatic heterocycles. The lowest BCUT2D eigenvalue weighted by Gasteiger charge is -2.35. The average molecular weight is 460 g/mol. The van der Waals surface area contributed by atoms with Crippen LogP contribution in [0.15, 0.2) is 10.5 Å². The van der Waals surface area contributed by atoms with Crippen LogP contribution in [-0.2, 0) is 4.75 Å². The summed E-state index contributed by atoms with van der Waals surface area (Å²) < 4.78 is 155. The van der Waals surface area contributed by atoms with Crippen LogP contribution in [-0.4, -0.2) is 30.0 Å². The van der Waals surface area contributed by atoms with Gasteiger partial charge in [-0.25, -0.2) is 0 Å². The molecule has 1 aromatic rings. The zero-order valence-electron chi connectivity index (χ0n) is 12.9. The summed E-state index contributed by atoms with van der Waals surface area (Å²) in [7, 11) is -3.27. The van der Waals surface area contributed by atoms with Gasteiger partial charge in [-0.1, -0.05) is 21.6 Å². The number of furan rings is 1. The van der Waals surface area contributed by atoms with Crippen molar-refractivity contribution in [3.05, 3.63) is 23.2 Å². The largest absolute Gasteiger partial charge is 0.464 e. The van der Waals surface area contributed by atoms with Crippen LogP contribution in [0.2, 0.25) is 0 Å². The Morgan fingerprint density at radius 3 is 1.44 bits per heavy atom. The van der Waals surface area contributed by atoms with E-state index in [0.29, 0.717) is 0 Å². The van der Waals surface area contributed by atoms with Crippen LogP contribution in [0.25, 0.3) is 0 Å². The minimum Gasteiger partial charge on any atom is -0.464 e. The molecule has 0 radical (unpaired) electrons. The van der Waals surface area contributed by atoms with Gasteiger partial charge in [0.25, 0.3) is 4.75 Å². The van der Waals surface area contributed by atoms with Crippen molar-refractivity contribution in [3.63, 3.8) is 0 Å². The van der Waals surface area contributed by atoms with Crippen molar-refractivity contribution in [3.8, 4) is 0 Å². The van der Waals surface area contributed by atoms with Crippen molar-refractivity contribution in [1.29, 1.82) is 0 Å². The van der Waals surface area contributed by atoms with Gasteiger partial charge >= 0.3 is 24.7 Å². The number of hydrogen-bond donors (Lipinski definition) is 0. The SMILES string of the molecule is Cc1cc(C(SSC(C(F)(F)F)C(F)(F)F)(C(F)(F)F)C(F)(F)F)oc1C. The predicted molar refractivity (Wildman–Crippen MR) is 73.0 cm³/mol. The highest BCUT2D eigenvalue weighted by molar-refractivity contribution is 8.77. The second-order valence-corrected chi connectivity index (χ2v) is 7.69. The first kappa shape index (κ1) is 24.2. The third-order valence-corrected chi connectivity index (χ3v) is 6.53. The van der Waals surface area contributed by atoms with E-state index < -0.39 is 67.8 Å². The van der Waals surface area contributed by atoms with Crippen LogP contribution in [0, 0.1) is 13.8 Å². The number of alkyl halides is 12. The van der Waals surface area contributed by atoms with Crippen LogP contribution < -0.4 is 0 Å². The van der Waals surface area contributed by atoms with E-state index in [1.807, 2.05) is 0 Å². The maximum atomic E-state index is 13.4. The zero-order valence-corrected chi connectivity index (χ0v) is 14.5. The van der Waals surface area contributed by atoms with Gasteiger partial charge in [0.05, 0.1) is 0 Å². The average Bonchev–Trinajstić information content (AvgIpc) is 2.68. The van der Waals surface area contributed by atoms with Crippen molar-refractivity contribution in [1.82, 2.24) is 0 Å². The molecule has 0 aromatic carbocycles. The number of rotatable bonds is 4. The van der Waals surface area contributed by atoms with E-state index in [0.717, 1.165) is 13.8 Å². The summed E-state index contributed by atoms with van der Waals surface area (Å²) in [4.78, 5) is 0. The molecule has 0 bridgehead atoms. The normalized spacial score (nSPS) is 14.9. The van der Waals surface area contributed by atoms with Crippen LogP contribution in [0.3, 0.4) is 0 Å². The summed E-state index contributed by atoms with van der Waals surface area (Å²) in [6, 6.07) is 0.278. The van der Waals surface area contributed by atoms with E-state index >= 15 is 0 Å². The first-order valence-corrected chi connectivity index (χ1v) is 8.65. The Kier molecular flexibility index (Phi) is 6.44. The van der Waals surface area contributed by atoms with Crippen LogP contribution >= 0.6 is 21.6 Å². The van der Waals surface area contributed by atoms with Gasteiger partial charge < -0.3 is 4.42 Å². The molecule has 1 rings (SSSR count). The lowest BCUT2D eigenvalue weighted by Crippen LogP contribution is -2.51. The van der Waals surface area contributed by atoms with Crippen LogP contribution in [0.1, 0.15) is 17.1 Å². The molecule has 1 heterocycles. The summed E-state index contributed by atoms with van der Waals surface area (Å²) in [6.07, 6.45) is -24.9. The maximum absolute atomic E-state index is 13.4. The van der Waals surface area contributed by atoms with Crippen molar-refractivity contribution in [2.24, 2.45) is 0 Å². The van der Waals surface area contributed by atoms with Gasteiger partial charge in [-0.2, -0.15) is 52.7 Å². The molecule has 0 spiro atoms. The molecule has 27 heavy (non-hydrogen) atoms. The van der Waals surface area contributed by atoms with Gasteiger partial charge in [0.1, 0.15) is 11.5 Å². The van der Waals surface area contributed by atoms with E-state index in [-0.39, 0.29) is 11.6 Å². The van der Waals surface area contributed by atoms with Gasteiger partial charge in [-0.15, -0.1) is 0 Å². The van der Waals surface area contributed by atoms with Gasteiger partial charge in [0, 0.05) is 0 Å². The first-order valence-electron chi connectivity index (χ1n) is 6.44. The zero-order chi connectivity index (χ0) is 21.6. The van der Waals surface area contributed by atoms with Crippen molar-refractivity contribution >= 4 is 21.6 Å². The quantitative estimate of drug-likeness (QED) is 0.352. The Balaban J connectivity index is 3.56. The Morgan fingerprint density at radius 1 is 0.778 bits per heavy atom. The Labute approximate surface area is 151 Å². The number of aryl methyl sites for hydroxylation is 2. The molecule has 15 heteroatoms. The molecule has 0 saturated heterocycles. The second-order valence-electron chi connectivity index (χ2n) is 5.17. The summed E-state index contributed by atoms with van der Waals surface area (Å²) in [5.74, 6) is -2.27. The first-order chi connectivity index (χ1) is 11.7. The Hall–Kier alpha value is -0.860. The van der Waals surface area contributed by atoms with Crippen LogP contribution in [0.5, 0.6) is 0 Å². The molecule has 0 N–H and O–H groups in total. The lowest BCUT2D eigenvalue weighted by atomic mass is 10.0. The van der Waals surface area contributed by atoms with Gasteiger partial charge in [0.2, 0.25) is 5.25 Å². The monoisotopic (exact) mass is 460 g/mol. The highest BCUT2D eigenvalue weighted by Gasteiger charge is 2.75. The molecule has 158 valence electrons. The summed E-state index contributed by atoms with van der Waals surface area (Å²) in [6.45, 7) is 2.05. The minimum absolute atomic E-state index is 0.198. The standard InChI is InChI=1S/C12H8F12OS2/c1-4-3-6(25-5(4)2)8(11(19,20)21,12(22,23)24)27-26-7(9(13,14)15)10(16,17)18/h3,7H,1-2H3. The number of hydrogen-bond acceptors (Lipinski definition) is 3. The molecular formula is C12H8F12OS2. The molecule has 0 amide bonds. The van der Waals surface area contributed by atoms with Gasteiger partial charge in [0.15, 0.2) is 0 Å². The molecule has 0 fully saturated rings. The fourth-order valence-corrected chi connectivity index (χ4v) is 4.76. The Morgan fingerprint density at radius 2 is 1.19 bits per heavy atom. The lowest BCUT2D eigenvalue weighted by molar-refractivity contribution is -0.272. The summed E-state index contributed by atoms with van der Waals surface area (Å²) in [5, 5.41) is -4.48. The van der Waals surface area contributed by atoms with E-state index in [4.69, 9.17) is 0 Å². The van der Waals surface area contributed by atoms with E-state index in [2.05, 4.69) is 4.42 Å². The fourth-order valence-electron chi connectivity index (χ4n) is 1.74. The van der Waals surface area contributed by atoms with E-state index in [1.165, 1.54) is 0 Å². The smallest absolute Gasteiger partial charge is 0.420 e. The number of halogens is 12. The van der Waals surface area contributed by atoms with Gasteiger partial charge in [-0.3, -0.25) is 0 Å². The maximum Gasteiger partial charge on any atom is 0.420 e. The third-order valence-electron chi connectivity index (χ3n) is 3.18. The molecule has 1 nitrogen and oxygen atoms in total. The third kappa shape index (κ3) is 4.77. The van der Waals surface area contributed by atoms with Crippen LogP contribution in [0.4, 0.5) is 52.7 Å².